The standard InChI is InChI=1S/C9H19NO2/c1-4-7-9(10,6-3)12-8(11)5-2/h4-7,10H2,1-3H3. The fourth-order valence-electron chi connectivity index (χ4n) is 1.02. The van der Waals surface area contributed by atoms with Crippen LogP contribution in [0, 0.1) is 0 Å². The molecule has 0 rings (SSSR count). The van der Waals surface area contributed by atoms with Crippen molar-refractivity contribution in [3.63, 3.8) is 0 Å². The molecule has 0 amide bonds. The molecule has 1 atom stereocenters. The highest BCUT2D eigenvalue weighted by Crippen LogP contribution is 2.16. The summed E-state index contributed by atoms with van der Waals surface area (Å²) in [5, 5.41) is 0. The average molecular weight is 173 g/mol. The Labute approximate surface area is 74.3 Å². The van der Waals surface area contributed by atoms with Crippen LogP contribution in [0.5, 0.6) is 0 Å². The van der Waals surface area contributed by atoms with Crippen LogP contribution in [0.2, 0.25) is 0 Å². The quantitative estimate of drug-likeness (QED) is 0.509. The maximum absolute atomic E-state index is 11.0. The van der Waals surface area contributed by atoms with Crippen LogP contribution < -0.4 is 5.73 Å². The minimum atomic E-state index is -0.734. The van der Waals surface area contributed by atoms with Crippen molar-refractivity contribution in [1.29, 1.82) is 0 Å². The fourth-order valence-corrected chi connectivity index (χ4v) is 1.02. The Morgan fingerprint density at radius 3 is 2.33 bits per heavy atom. The van der Waals surface area contributed by atoms with Gasteiger partial charge in [0.05, 0.1) is 0 Å². The van der Waals surface area contributed by atoms with E-state index in [-0.39, 0.29) is 5.97 Å². The topological polar surface area (TPSA) is 52.3 Å². The van der Waals surface area contributed by atoms with Crippen LogP contribution in [0.4, 0.5) is 0 Å². The van der Waals surface area contributed by atoms with E-state index in [1.807, 2.05) is 13.8 Å². The van der Waals surface area contributed by atoms with Crippen LogP contribution in [0.25, 0.3) is 0 Å². The Balaban J connectivity index is 4.03. The van der Waals surface area contributed by atoms with Gasteiger partial charge in [0.15, 0.2) is 5.72 Å². The predicted molar refractivity (Wildman–Crippen MR) is 48.5 cm³/mol. The van der Waals surface area contributed by atoms with E-state index in [2.05, 4.69) is 0 Å². The lowest BCUT2D eigenvalue weighted by Gasteiger charge is -2.27. The smallest absolute Gasteiger partial charge is 0.307 e. The molecule has 2 N–H and O–H groups in total. The molecule has 0 aliphatic carbocycles. The lowest BCUT2D eigenvalue weighted by atomic mass is 10.1. The molecule has 12 heavy (non-hydrogen) atoms. The Kier molecular flexibility index (Phi) is 4.90. The van der Waals surface area contributed by atoms with E-state index in [1.54, 1.807) is 6.92 Å². The van der Waals surface area contributed by atoms with Crippen molar-refractivity contribution < 1.29 is 9.53 Å². The normalized spacial score (nSPS) is 15.3. The number of hydrogen-bond acceptors (Lipinski definition) is 3. The van der Waals surface area contributed by atoms with Gasteiger partial charge in [0.25, 0.3) is 0 Å². The molecular formula is C9H19NO2. The molecule has 0 aromatic carbocycles. The minimum absolute atomic E-state index is 0.215. The Morgan fingerprint density at radius 1 is 1.42 bits per heavy atom. The SMILES string of the molecule is CCCC(N)(CC)OC(=O)CC. The van der Waals surface area contributed by atoms with E-state index < -0.39 is 5.72 Å². The lowest BCUT2D eigenvalue weighted by molar-refractivity contribution is -0.160. The van der Waals surface area contributed by atoms with Crippen molar-refractivity contribution in [3.05, 3.63) is 0 Å². The monoisotopic (exact) mass is 173 g/mol. The second kappa shape index (κ2) is 5.14. The second-order valence-electron chi connectivity index (χ2n) is 3.00. The summed E-state index contributed by atoms with van der Waals surface area (Å²) >= 11 is 0. The second-order valence-corrected chi connectivity index (χ2v) is 3.00. The van der Waals surface area contributed by atoms with Crippen molar-refractivity contribution in [2.24, 2.45) is 5.73 Å². The summed E-state index contributed by atoms with van der Waals surface area (Å²) in [7, 11) is 0. The minimum Gasteiger partial charge on any atom is -0.444 e. The third kappa shape index (κ3) is 3.72. The first-order valence-electron chi connectivity index (χ1n) is 4.58. The molecule has 3 heteroatoms. The van der Waals surface area contributed by atoms with E-state index in [1.165, 1.54) is 0 Å². The third-order valence-electron chi connectivity index (χ3n) is 1.88. The molecule has 1 unspecified atom stereocenters. The molecule has 0 aliphatic heterocycles. The molecule has 0 aromatic heterocycles. The third-order valence-corrected chi connectivity index (χ3v) is 1.88. The molecule has 0 aromatic rings. The molecule has 0 spiro atoms. The zero-order valence-corrected chi connectivity index (χ0v) is 8.22. The summed E-state index contributed by atoms with van der Waals surface area (Å²) in [6, 6.07) is 0. The van der Waals surface area contributed by atoms with E-state index in [0.29, 0.717) is 12.8 Å². The number of esters is 1. The number of nitrogens with two attached hydrogens (primary N) is 1. The predicted octanol–water partition coefficient (Wildman–Crippen LogP) is 1.80. The first-order chi connectivity index (χ1) is 5.58. The van der Waals surface area contributed by atoms with Crippen LogP contribution in [-0.2, 0) is 9.53 Å². The first-order valence-corrected chi connectivity index (χ1v) is 4.58. The summed E-state index contributed by atoms with van der Waals surface area (Å²) in [6.45, 7) is 5.72. The first kappa shape index (κ1) is 11.4. The highest BCUT2D eigenvalue weighted by atomic mass is 16.6. The van der Waals surface area contributed by atoms with Crippen molar-refractivity contribution in [2.45, 2.75) is 52.2 Å². The van der Waals surface area contributed by atoms with Gasteiger partial charge >= 0.3 is 5.97 Å². The Hall–Kier alpha value is -0.570. The van der Waals surface area contributed by atoms with Gasteiger partial charge in [-0.2, -0.15) is 0 Å². The number of ether oxygens (including phenoxy) is 1. The number of rotatable bonds is 5. The van der Waals surface area contributed by atoms with Crippen LogP contribution in [-0.4, -0.2) is 11.7 Å². The van der Waals surface area contributed by atoms with Crippen molar-refractivity contribution in [3.8, 4) is 0 Å². The zero-order valence-electron chi connectivity index (χ0n) is 8.22. The Morgan fingerprint density at radius 2 is 2.00 bits per heavy atom. The van der Waals surface area contributed by atoms with Gasteiger partial charge < -0.3 is 4.74 Å². The zero-order chi connectivity index (χ0) is 9.61. The molecule has 3 nitrogen and oxygen atoms in total. The summed E-state index contributed by atoms with van der Waals surface area (Å²) < 4.78 is 5.12. The van der Waals surface area contributed by atoms with Crippen molar-refractivity contribution in [1.82, 2.24) is 0 Å². The van der Waals surface area contributed by atoms with E-state index >= 15 is 0 Å². The molecule has 0 radical (unpaired) electrons. The number of hydrogen-bond donors (Lipinski definition) is 1. The van der Waals surface area contributed by atoms with Gasteiger partial charge in [0, 0.05) is 12.8 Å². The van der Waals surface area contributed by atoms with Gasteiger partial charge in [-0.25, -0.2) is 0 Å². The van der Waals surface area contributed by atoms with Gasteiger partial charge in [-0.3, -0.25) is 10.5 Å². The summed E-state index contributed by atoms with van der Waals surface area (Å²) in [6.07, 6.45) is 2.73. The molecule has 0 saturated heterocycles. The average Bonchev–Trinajstić information content (AvgIpc) is 2.05. The van der Waals surface area contributed by atoms with E-state index in [9.17, 15) is 4.79 Å². The van der Waals surface area contributed by atoms with Crippen LogP contribution in [0.15, 0.2) is 0 Å². The highest BCUT2D eigenvalue weighted by molar-refractivity contribution is 5.69. The fraction of sp³-hybridized carbons (Fsp3) is 0.889. The Bertz CT molecular complexity index is 147. The van der Waals surface area contributed by atoms with Gasteiger partial charge in [0.2, 0.25) is 0 Å². The van der Waals surface area contributed by atoms with Crippen LogP contribution in [0.3, 0.4) is 0 Å². The van der Waals surface area contributed by atoms with Crippen LogP contribution >= 0.6 is 0 Å². The van der Waals surface area contributed by atoms with E-state index in [4.69, 9.17) is 10.5 Å². The lowest BCUT2D eigenvalue weighted by Crippen LogP contribution is -2.43. The molecule has 72 valence electrons. The molecule has 0 bridgehead atoms. The van der Waals surface area contributed by atoms with Crippen molar-refractivity contribution in [2.75, 3.05) is 0 Å². The molecule has 0 saturated carbocycles. The maximum atomic E-state index is 11.0. The van der Waals surface area contributed by atoms with Crippen molar-refractivity contribution >= 4 is 5.97 Å². The largest absolute Gasteiger partial charge is 0.444 e. The molecule has 0 aliphatic rings. The molecule has 0 heterocycles. The summed E-state index contributed by atoms with van der Waals surface area (Å²) in [4.78, 5) is 11.0. The van der Waals surface area contributed by atoms with Gasteiger partial charge in [-0.15, -0.1) is 0 Å². The van der Waals surface area contributed by atoms with Gasteiger partial charge in [-0.05, 0) is 6.42 Å². The maximum Gasteiger partial charge on any atom is 0.307 e. The number of carbonyl (C=O) groups is 1. The molecular weight excluding hydrogens is 154 g/mol. The number of carbonyl (C=O) groups excluding carboxylic acids is 1. The summed E-state index contributed by atoms with van der Waals surface area (Å²) in [5.41, 5.74) is 5.11. The summed E-state index contributed by atoms with van der Waals surface area (Å²) in [5.74, 6) is -0.215. The molecule has 0 fully saturated rings. The van der Waals surface area contributed by atoms with E-state index in [0.717, 1.165) is 12.8 Å². The van der Waals surface area contributed by atoms with Gasteiger partial charge in [0.1, 0.15) is 0 Å². The van der Waals surface area contributed by atoms with Gasteiger partial charge in [-0.1, -0.05) is 27.2 Å². The highest BCUT2D eigenvalue weighted by Gasteiger charge is 2.25. The van der Waals surface area contributed by atoms with Crippen LogP contribution in [0.1, 0.15) is 46.5 Å².